The van der Waals surface area contributed by atoms with Crippen molar-refractivity contribution in [2.24, 2.45) is 5.16 Å². The van der Waals surface area contributed by atoms with Crippen LogP contribution in [0.4, 0.5) is 4.79 Å². The number of carbonyl (C=O) groups is 1. The Hall–Kier alpha value is -2.14. The molecule has 5 heteroatoms. The fourth-order valence-corrected chi connectivity index (χ4v) is 4.06. The minimum Gasteiger partial charge on any atom is -0.320 e. The molecule has 1 aromatic heterocycles. The van der Waals surface area contributed by atoms with Gasteiger partial charge in [0, 0.05) is 11.4 Å². The molecule has 0 aliphatic carbocycles. The highest BCUT2D eigenvalue weighted by atomic mass is 32.1. The zero-order valence-electron chi connectivity index (χ0n) is 18.5. The SMILES string of the molecule is CCCCCCCCCCCCNC(=O)O/N=C(\C)c1cccc(-c2cccs2)c1. The van der Waals surface area contributed by atoms with Crippen LogP contribution in [0.2, 0.25) is 0 Å². The van der Waals surface area contributed by atoms with Gasteiger partial charge in [-0.3, -0.25) is 4.84 Å². The highest BCUT2D eigenvalue weighted by molar-refractivity contribution is 7.13. The average molecular weight is 429 g/mol. The number of hydrogen-bond donors (Lipinski definition) is 1. The summed E-state index contributed by atoms with van der Waals surface area (Å²) in [5.74, 6) is 0. The van der Waals surface area contributed by atoms with Crippen molar-refractivity contribution >= 4 is 23.1 Å². The fraction of sp³-hybridized carbons (Fsp3) is 0.520. The van der Waals surface area contributed by atoms with E-state index in [-0.39, 0.29) is 0 Å². The highest BCUT2D eigenvalue weighted by Gasteiger charge is 2.05. The second kappa shape index (κ2) is 14.8. The quantitative estimate of drug-likeness (QED) is 0.144. The molecular formula is C25H36N2O2S. The standard InChI is InChI=1S/C25H36N2O2S/c1-3-4-5-6-7-8-9-10-11-12-18-26-25(28)29-27-21(2)22-15-13-16-23(20-22)24-17-14-19-30-24/h13-17,19-20H,3-12,18H2,1-2H3,(H,26,28)/b27-21+. The van der Waals surface area contributed by atoms with Gasteiger partial charge in [0.15, 0.2) is 0 Å². The molecule has 1 heterocycles. The molecule has 0 bridgehead atoms. The smallest absolute Gasteiger partial charge is 0.320 e. The number of nitrogens with zero attached hydrogens (tertiary/aromatic N) is 1. The maximum absolute atomic E-state index is 11.9. The molecule has 0 unspecified atom stereocenters. The second-order valence-corrected chi connectivity index (χ2v) is 8.67. The van der Waals surface area contributed by atoms with Gasteiger partial charge in [-0.05, 0) is 42.0 Å². The molecule has 1 amide bonds. The van der Waals surface area contributed by atoms with Gasteiger partial charge in [0.1, 0.15) is 0 Å². The van der Waals surface area contributed by atoms with Gasteiger partial charge in [-0.15, -0.1) is 11.3 Å². The molecule has 0 saturated carbocycles. The topological polar surface area (TPSA) is 50.7 Å². The molecule has 2 aromatic rings. The van der Waals surface area contributed by atoms with Gasteiger partial charge in [-0.25, -0.2) is 4.79 Å². The lowest BCUT2D eigenvalue weighted by molar-refractivity contribution is 0.150. The first-order valence-electron chi connectivity index (χ1n) is 11.3. The van der Waals surface area contributed by atoms with E-state index >= 15 is 0 Å². The first-order valence-corrected chi connectivity index (χ1v) is 12.2. The number of nitrogens with one attached hydrogen (secondary N) is 1. The van der Waals surface area contributed by atoms with Crippen LogP contribution >= 0.6 is 11.3 Å². The van der Waals surface area contributed by atoms with Crippen LogP contribution in [-0.2, 0) is 4.84 Å². The van der Waals surface area contributed by atoms with Gasteiger partial charge < -0.3 is 5.32 Å². The van der Waals surface area contributed by atoms with Crippen molar-refractivity contribution in [2.45, 2.75) is 78.1 Å². The van der Waals surface area contributed by atoms with E-state index in [9.17, 15) is 4.79 Å². The number of benzene rings is 1. The number of thiophene rings is 1. The van der Waals surface area contributed by atoms with Gasteiger partial charge >= 0.3 is 6.09 Å². The number of unbranched alkanes of at least 4 members (excludes halogenated alkanes) is 9. The minimum absolute atomic E-state index is 0.486. The van der Waals surface area contributed by atoms with Crippen molar-refractivity contribution in [1.82, 2.24) is 5.32 Å². The number of rotatable bonds is 14. The fourth-order valence-electron chi connectivity index (χ4n) is 3.34. The van der Waals surface area contributed by atoms with E-state index < -0.39 is 6.09 Å². The predicted octanol–water partition coefficient (Wildman–Crippen LogP) is 7.79. The molecule has 0 fully saturated rings. The normalized spacial score (nSPS) is 11.5. The third-order valence-electron chi connectivity index (χ3n) is 5.15. The number of oxime groups is 1. The Bertz CT molecular complexity index is 756. The van der Waals surface area contributed by atoms with Crippen LogP contribution in [0.3, 0.4) is 0 Å². The predicted molar refractivity (Wildman–Crippen MR) is 128 cm³/mol. The Morgan fingerprint density at radius 2 is 1.67 bits per heavy atom. The van der Waals surface area contributed by atoms with Crippen molar-refractivity contribution in [3.8, 4) is 10.4 Å². The second-order valence-electron chi connectivity index (χ2n) is 7.72. The summed E-state index contributed by atoms with van der Waals surface area (Å²) in [6, 6.07) is 12.2. The third kappa shape index (κ3) is 9.57. The van der Waals surface area contributed by atoms with E-state index in [1.807, 2.05) is 25.1 Å². The van der Waals surface area contributed by atoms with Crippen molar-refractivity contribution in [1.29, 1.82) is 0 Å². The Morgan fingerprint density at radius 1 is 0.967 bits per heavy atom. The van der Waals surface area contributed by atoms with Gasteiger partial charge in [0.25, 0.3) is 0 Å². The van der Waals surface area contributed by atoms with Crippen LogP contribution in [0.15, 0.2) is 46.9 Å². The lowest BCUT2D eigenvalue weighted by Crippen LogP contribution is -2.24. The molecule has 1 N–H and O–H groups in total. The van der Waals surface area contributed by atoms with Gasteiger partial charge in [-0.2, -0.15) is 0 Å². The van der Waals surface area contributed by atoms with Crippen LogP contribution in [0.5, 0.6) is 0 Å². The van der Waals surface area contributed by atoms with E-state index in [1.165, 1.54) is 56.2 Å². The minimum atomic E-state index is -0.486. The van der Waals surface area contributed by atoms with Crippen molar-refractivity contribution in [2.75, 3.05) is 6.54 Å². The zero-order chi connectivity index (χ0) is 21.4. The highest BCUT2D eigenvalue weighted by Crippen LogP contribution is 2.25. The summed E-state index contributed by atoms with van der Waals surface area (Å²) in [6.45, 7) is 4.74. The van der Waals surface area contributed by atoms with Gasteiger partial charge in [-0.1, -0.05) is 94.1 Å². The summed E-state index contributed by atoms with van der Waals surface area (Å²) in [4.78, 5) is 18.1. The Morgan fingerprint density at radius 3 is 2.33 bits per heavy atom. The van der Waals surface area contributed by atoms with E-state index in [0.717, 1.165) is 24.0 Å². The molecule has 0 aliphatic heterocycles. The summed E-state index contributed by atoms with van der Waals surface area (Å²) >= 11 is 1.70. The molecule has 0 radical (unpaired) electrons. The zero-order valence-corrected chi connectivity index (χ0v) is 19.3. The van der Waals surface area contributed by atoms with Crippen LogP contribution < -0.4 is 5.32 Å². The Labute approximate surface area is 185 Å². The van der Waals surface area contributed by atoms with E-state index in [4.69, 9.17) is 4.84 Å². The number of hydrogen-bond acceptors (Lipinski definition) is 4. The summed E-state index contributed by atoms with van der Waals surface area (Å²) in [5.41, 5.74) is 2.77. The molecule has 0 spiro atoms. The van der Waals surface area contributed by atoms with Gasteiger partial charge in [0.2, 0.25) is 0 Å². The summed E-state index contributed by atoms with van der Waals surface area (Å²) in [5, 5.41) is 8.84. The van der Waals surface area contributed by atoms with E-state index in [2.05, 4.69) is 41.0 Å². The average Bonchev–Trinajstić information content (AvgIpc) is 3.31. The molecule has 2 rings (SSSR count). The molecule has 1 aromatic carbocycles. The lowest BCUT2D eigenvalue weighted by Gasteiger charge is -2.05. The molecule has 0 aliphatic rings. The maximum Gasteiger partial charge on any atom is 0.433 e. The Balaban J connectivity index is 1.58. The van der Waals surface area contributed by atoms with E-state index in [1.54, 1.807) is 11.3 Å². The maximum atomic E-state index is 11.9. The molecule has 164 valence electrons. The lowest BCUT2D eigenvalue weighted by atomic mass is 10.1. The summed E-state index contributed by atoms with van der Waals surface area (Å²) < 4.78 is 0. The molecule has 30 heavy (non-hydrogen) atoms. The first-order chi connectivity index (χ1) is 14.7. The van der Waals surface area contributed by atoms with Crippen molar-refractivity contribution in [3.05, 3.63) is 47.3 Å². The molecule has 4 nitrogen and oxygen atoms in total. The van der Waals surface area contributed by atoms with Crippen LogP contribution in [-0.4, -0.2) is 18.3 Å². The molecule has 0 atom stereocenters. The third-order valence-corrected chi connectivity index (χ3v) is 6.07. The number of amides is 1. The van der Waals surface area contributed by atoms with E-state index in [0.29, 0.717) is 12.3 Å². The van der Waals surface area contributed by atoms with Crippen LogP contribution in [0.1, 0.15) is 83.6 Å². The van der Waals surface area contributed by atoms with Gasteiger partial charge in [0.05, 0.1) is 5.71 Å². The molecular weight excluding hydrogens is 392 g/mol. The molecule has 0 saturated heterocycles. The van der Waals surface area contributed by atoms with Crippen LogP contribution in [0, 0.1) is 0 Å². The monoisotopic (exact) mass is 428 g/mol. The van der Waals surface area contributed by atoms with Crippen molar-refractivity contribution < 1.29 is 9.63 Å². The van der Waals surface area contributed by atoms with Crippen molar-refractivity contribution in [3.63, 3.8) is 0 Å². The summed E-state index contributed by atoms with van der Waals surface area (Å²) in [6.07, 6.45) is 12.3. The largest absolute Gasteiger partial charge is 0.433 e. The number of carbonyl (C=O) groups excluding carboxylic acids is 1. The first kappa shape index (κ1) is 24.1. The van der Waals surface area contributed by atoms with Crippen LogP contribution in [0.25, 0.3) is 10.4 Å². The summed E-state index contributed by atoms with van der Waals surface area (Å²) in [7, 11) is 0. The Kier molecular flexibility index (Phi) is 11.9.